The number of nitrogens with one attached hydrogen (secondary N) is 1. The Morgan fingerprint density at radius 2 is 1.50 bits per heavy atom. The van der Waals surface area contributed by atoms with E-state index in [1.54, 1.807) is 42.5 Å². The van der Waals surface area contributed by atoms with E-state index in [1.165, 1.54) is 44.0 Å². The molecule has 0 saturated heterocycles. The van der Waals surface area contributed by atoms with Gasteiger partial charge in [-0.05, 0) is 76.5 Å². The average molecular weight is 610 g/mol. The second-order valence-electron chi connectivity index (χ2n) is 9.70. The van der Waals surface area contributed by atoms with Crippen molar-refractivity contribution >= 4 is 38.6 Å². The molecule has 1 N–H and O–H groups in total. The van der Waals surface area contributed by atoms with E-state index in [0.717, 1.165) is 20.8 Å². The number of sulfonamides is 1. The lowest BCUT2D eigenvalue weighted by Crippen LogP contribution is -2.39. The zero-order valence-electron chi connectivity index (χ0n) is 24.2. The molecule has 10 heteroatoms. The maximum Gasteiger partial charge on any atom is 0.264 e. The molecule has 0 aliphatic carbocycles. The molecule has 0 heterocycles. The number of ether oxygens (including phenoxy) is 3. The summed E-state index contributed by atoms with van der Waals surface area (Å²) in [6.07, 6.45) is 1.47. The number of anilines is 1. The molecule has 0 bridgehead atoms. The third kappa shape index (κ3) is 7.16. The van der Waals surface area contributed by atoms with Crippen LogP contribution in [0, 0.1) is 0 Å². The van der Waals surface area contributed by atoms with E-state index in [4.69, 9.17) is 14.2 Å². The van der Waals surface area contributed by atoms with E-state index in [0.29, 0.717) is 23.9 Å². The summed E-state index contributed by atoms with van der Waals surface area (Å²) >= 11 is 0. The highest BCUT2D eigenvalue weighted by atomic mass is 32.2. The Hall–Kier alpha value is -5.35. The summed E-state index contributed by atoms with van der Waals surface area (Å²) in [5, 5.41) is 6.36. The van der Waals surface area contributed by atoms with Crippen molar-refractivity contribution in [1.82, 2.24) is 5.43 Å². The first-order valence-corrected chi connectivity index (χ1v) is 15.1. The van der Waals surface area contributed by atoms with Gasteiger partial charge in [0.15, 0.2) is 11.5 Å². The Morgan fingerprint density at radius 1 is 0.795 bits per heavy atom. The molecule has 5 rings (SSSR count). The second-order valence-corrected chi connectivity index (χ2v) is 11.6. The molecule has 0 aliphatic heterocycles. The van der Waals surface area contributed by atoms with Crippen LogP contribution in [-0.4, -0.2) is 41.3 Å². The lowest BCUT2D eigenvalue weighted by Gasteiger charge is -2.24. The van der Waals surface area contributed by atoms with Crippen molar-refractivity contribution < 1.29 is 27.4 Å². The first kappa shape index (κ1) is 30.1. The summed E-state index contributed by atoms with van der Waals surface area (Å²) in [7, 11) is -1.17. The van der Waals surface area contributed by atoms with Crippen molar-refractivity contribution in [3.63, 3.8) is 0 Å². The number of hydrogen-bond acceptors (Lipinski definition) is 7. The first-order chi connectivity index (χ1) is 21.4. The van der Waals surface area contributed by atoms with E-state index >= 15 is 0 Å². The summed E-state index contributed by atoms with van der Waals surface area (Å²) in [6, 6.07) is 34.1. The summed E-state index contributed by atoms with van der Waals surface area (Å²) < 4.78 is 44.7. The van der Waals surface area contributed by atoms with Gasteiger partial charge in [-0.3, -0.25) is 9.10 Å². The molecule has 44 heavy (non-hydrogen) atoms. The highest BCUT2D eigenvalue weighted by molar-refractivity contribution is 7.92. The van der Waals surface area contributed by atoms with Crippen molar-refractivity contribution in [3.05, 3.63) is 126 Å². The van der Waals surface area contributed by atoms with Crippen LogP contribution in [0.15, 0.2) is 125 Å². The van der Waals surface area contributed by atoms with Crippen LogP contribution < -0.4 is 23.9 Å². The number of nitrogens with zero attached hydrogens (tertiary/aromatic N) is 2. The Morgan fingerprint density at radius 3 is 2.23 bits per heavy atom. The SMILES string of the molecule is COc1ccc(N(CC(=O)N/N=C/c2ccc(OCc3ccc4ccccc4c3)cc2)S(=O)(=O)c2ccccc2)cc1OC. The number of hydrogen-bond donors (Lipinski definition) is 1. The molecule has 0 spiro atoms. The number of hydrazone groups is 1. The molecule has 0 aromatic heterocycles. The summed E-state index contributed by atoms with van der Waals surface area (Å²) in [5.41, 5.74) is 4.43. The van der Waals surface area contributed by atoms with Crippen LogP contribution in [0.1, 0.15) is 11.1 Å². The molecule has 224 valence electrons. The van der Waals surface area contributed by atoms with Crippen LogP contribution in [0.4, 0.5) is 5.69 Å². The smallest absolute Gasteiger partial charge is 0.264 e. The Balaban J connectivity index is 1.23. The molecule has 0 radical (unpaired) electrons. The van der Waals surface area contributed by atoms with Gasteiger partial charge in [0.25, 0.3) is 15.9 Å². The number of rotatable bonds is 12. The predicted molar refractivity (Wildman–Crippen MR) is 171 cm³/mol. The van der Waals surface area contributed by atoms with Crippen LogP contribution in [-0.2, 0) is 21.4 Å². The van der Waals surface area contributed by atoms with E-state index < -0.39 is 22.5 Å². The highest BCUT2D eigenvalue weighted by Crippen LogP contribution is 2.33. The third-order valence-electron chi connectivity index (χ3n) is 6.78. The fraction of sp³-hybridized carbons (Fsp3) is 0.118. The minimum atomic E-state index is -4.10. The number of carbonyl (C=O) groups is 1. The van der Waals surface area contributed by atoms with E-state index in [-0.39, 0.29) is 10.6 Å². The number of methoxy groups -OCH3 is 2. The van der Waals surface area contributed by atoms with Gasteiger partial charge in [-0.1, -0.05) is 54.6 Å². The minimum absolute atomic E-state index is 0.0361. The van der Waals surface area contributed by atoms with Crippen molar-refractivity contribution in [2.24, 2.45) is 5.10 Å². The molecular formula is C34H31N3O6S. The van der Waals surface area contributed by atoms with Gasteiger partial charge in [0, 0.05) is 6.07 Å². The normalized spacial score (nSPS) is 11.3. The summed E-state index contributed by atoms with van der Waals surface area (Å²) in [6.45, 7) is -0.0949. The molecular weight excluding hydrogens is 578 g/mol. The monoisotopic (exact) mass is 609 g/mol. The van der Waals surface area contributed by atoms with Gasteiger partial charge < -0.3 is 14.2 Å². The molecule has 5 aromatic carbocycles. The molecule has 1 amide bonds. The van der Waals surface area contributed by atoms with Gasteiger partial charge in [0.2, 0.25) is 0 Å². The topological polar surface area (TPSA) is 107 Å². The van der Waals surface area contributed by atoms with E-state index in [9.17, 15) is 13.2 Å². The molecule has 0 saturated carbocycles. The van der Waals surface area contributed by atoms with E-state index in [2.05, 4.69) is 34.8 Å². The van der Waals surface area contributed by atoms with Crippen LogP contribution in [0.25, 0.3) is 10.8 Å². The zero-order valence-corrected chi connectivity index (χ0v) is 25.0. The maximum absolute atomic E-state index is 13.6. The van der Waals surface area contributed by atoms with Gasteiger partial charge in [-0.25, -0.2) is 13.8 Å². The van der Waals surface area contributed by atoms with Crippen molar-refractivity contribution in [3.8, 4) is 17.2 Å². The number of fused-ring (bicyclic) bond motifs is 1. The molecule has 0 unspecified atom stereocenters. The average Bonchev–Trinajstić information content (AvgIpc) is 3.06. The second kappa shape index (κ2) is 13.7. The predicted octanol–water partition coefficient (Wildman–Crippen LogP) is 5.78. The minimum Gasteiger partial charge on any atom is -0.493 e. The lowest BCUT2D eigenvalue weighted by molar-refractivity contribution is -0.119. The van der Waals surface area contributed by atoms with Gasteiger partial charge in [0.05, 0.1) is 31.0 Å². The largest absolute Gasteiger partial charge is 0.493 e. The first-order valence-electron chi connectivity index (χ1n) is 13.7. The summed E-state index contributed by atoms with van der Waals surface area (Å²) in [4.78, 5) is 13.0. The Kier molecular flexibility index (Phi) is 9.41. The van der Waals surface area contributed by atoms with Crippen LogP contribution in [0.3, 0.4) is 0 Å². The van der Waals surface area contributed by atoms with Crippen molar-refractivity contribution in [2.45, 2.75) is 11.5 Å². The van der Waals surface area contributed by atoms with Gasteiger partial charge in [-0.2, -0.15) is 5.10 Å². The summed E-state index contributed by atoms with van der Waals surface area (Å²) in [5.74, 6) is 0.802. The van der Waals surface area contributed by atoms with Gasteiger partial charge in [0.1, 0.15) is 18.9 Å². The molecule has 9 nitrogen and oxygen atoms in total. The molecule has 0 aliphatic rings. The molecule has 0 atom stereocenters. The zero-order chi connectivity index (χ0) is 30.9. The molecule has 5 aromatic rings. The van der Waals surface area contributed by atoms with Gasteiger partial charge >= 0.3 is 0 Å². The molecule has 0 fully saturated rings. The highest BCUT2D eigenvalue weighted by Gasteiger charge is 2.28. The standard InChI is InChI=1S/C34H31N3O6S/c1-41-32-19-16-29(21-33(32)42-2)37(44(39,40)31-10-4-3-5-11-31)23-34(38)36-35-22-25-13-17-30(18-14-25)43-24-26-12-15-27-8-6-7-9-28(27)20-26/h3-22H,23-24H2,1-2H3,(H,36,38)/b35-22+. The van der Waals surface area contributed by atoms with Crippen molar-refractivity contribution in [2.75, 3.05) is 25.1 Å². The lowest BCUT2D eigenvalue weighted by atomic mass is 10.1. The Labute approximate surface area is 256 Å². The van der Waals surface area contributed by atoms with Crippen LogP contribution in [0.5, 0.6) is 17.2 Å². The van der Waals surface area contributed by atoms with E-state index in [1.807, 2.05) is 30.3 Å². The number of benzene rings is 5. The van der Waals surface area contributed by atoms with Crippen molar-refractivity contribution in [1.29, 1.82) is 0 Å². The maximum atomic E-state index is 13.6. The third-order valence-corrected chi connectivity index (χ3v) is 8.56. The quantitative estimate of drug-likeness (QED) is 0.142. The number of carbonyl (C=O) groups excluding carboxylic acids is 1. The fourth-order valence-electron chi connectivity index (χ4n) is 4.50. The van der Waals surface area contributed by atoms with Gasteiger partial charge in [-0.15, -0.1) is 0 Å². The Bertz CT molecular complexity index is 1880. The number of amides is 1. The fourth-order valence-corrected chi connectivity index (χ4v) is 5.94. The van der Waals surface area contributed by atoms with Crippen LogP contribution >= 0.6 is 0 Å². The van der Waals surface area contributed by atoms with Crippen LogP contribution in [0.2, 0.25) is 0 Å².